The highest BCUT2D eigenvalue weighted by Crippen LogP contribution is 2.40. The van der Waals surface area contributed by atoms with Gasteiger partial charge in [-0.3, -0.25) is 4.79 Å². The maximum atomic E-state index is 12.5. The van der Waals surface area contributed by atoms with Crippen molar-refractivity contribution in [2.45, 2.75) is 44.1 Å². The molecule has 2 fully saturated rings. The van der Waals surface area contributed by atoms with Crippen LogP contribution in [0.1, 0.15) is 43.8 Å². The van der Waals surface area contributed by atoms with Gasteiger partial charge < -0.3 is 15.8 Å². The number of halogens is 1. The van der Waals surface area contributed by atoms with Gasteiger partial charge in [-0.2, -0.15) is 4.68 Å². The Kier molecular flexibility index (Phi) is 5.43. The number of hydrogen-bond acceptors (Lipinski definition) is 6. The first kappa shape index (κ1) is 18.6. The fraction of sp³-hybridized carbons (Fsp3) is 0.529. The molecule has 0 spiro atoms. The second kappa shape index (κ2) is 7.59. The van der Waals surface area contributed by atoms with E-state index in [-0.39, 0.29) is 30.3 Å². The number of carbonyl (C=O) groups is 1. The van der Waals surface area contributed by atoms with Gasteiger partial charge in [0.05, 0.1) is 7.11 Å². The van der Waals surface area contributed by atoms with Crippen molar-refractivity contribution in [1.29, 1.82) is 0 Å². The number of tetrazole rings is 1. The minimum Gasteiger partial charge on any atom is -0.494 e. The minimum atomic E-state index is -0.0180. The van der Waals surface area contributed by atoms with Gasteiger partial charge >= 0.3 is 0 Å². The third kappa shape index (κ3) is 3.66. The molecule has 140 valence electrons. The maximum absolute atomic E-state index is 12.5. The molecule has 2 aliphatic carbocycles. The Morgan fingerprint density at radius 2 is 2.12 bits per heavy atom. The molecule has 0 bridgehead atoms. The summed E-state index contributed by atoms with van der Waals surface area (Å²) in [5.41, 5.74) is 7.35. The largest absolute Gasteiger partial charge is 0.494 e. The van der Waals surface area contributed by atoms with Crippen molar-refractivity contribution in [3.05, 3.63) is 24.0 Å². The summed E-state index contributed by atoms with van der Waals surface area (Å²) in [6.07, 6.45) is 4.69. The zero-order valence-corrected chi connectivity index (χ0v) is 15.4. The van der Waals surface area contributed by atoms with Gasteiger partial charge in [0.15, 0.2) is 5.82 Å². The van der Waals surface area contributed by atoms with Crippen LogP contribution in [0.2, 0.25) is 0 Å². The number of aromatic nitrogens is 4. The van der Waals surface area contributed by atoms with Crippen LogP contribution in [0.25, 0.3) is 5.69 Å². The lowest BCUT2D eigenvalue weighted by atomic mass is 10.1. The average molecular weight is 379 g/mol. The second-order valence-electron chi connectivity index (χ2n) is 6.87. The van der Waals surface area contributed by atoms with Gasteiger partial charge in [0.25, 0.3) is 0 Å². The molecule has 1 aromatic heterocycles. The summed E-state index contributed by atoms with van der Waals surface area (Å²) in [4.78, 5) is 12.5. The fourth-order valence-corrected chi connectivity index (χ4v) is 3.39. The lowest BCUT2D eigenvalue weighted by molar-refractivity contribution is -0.119. The topological polar surface area (TPSA) is 108 Å². The Balaban J connectivity index is 0.00000196. The number of anilines is 1. The zero-order valence-electron chi connectivity index (χ0n) is 14.6. The number of nitrogens with zero attached hydrogens (tertiary/aromatic N) is 4. The quantitative estimate of drug-likeness (QED) is 0.824. The van der Waals surface area contributed by atoms with Gasteiger partial charge in [-0.15, -0.1) is 17.5 Å². The minimum absolute atomic E-state index is 0. The first-order valence-electron chi connectivity index (χ1n) is 8.69. The predicted octanol–water partition coefficient (Wildman–Crippen LogP) is 2.04. The summed E-state index contributed by atoms with van der Waals surface area (Å²) in [5.74, 6) is 1.90. The van der Waals surface area contributed by atoms with E-state index >= 15 is 0 Å². The van der Waals surface area contributed by atoms with Gasteiger partial charge in [-0.1, -0.05) is 0 Å². The first-order chi connectivity index (χ1) is 12.2. The molecule has 0 radical (unpaired) electrons. The molecule has 8 nitrogen and oxygen atoms in total. The molecule has 0 aliphatic heterocycles. The lowest BCUT2D eigenvalue weighted by Crippen LogP contribution is -2.23. The Hall–Kier alpha value is -2.19. The van der Waals surface area contributed by atoms with Crippen molar-refractivity contribution in [1.82, 2.24) is 20.2 Å². The van der Waals surface area contributed by atoms with Crippen LogP contribution in [0.15, 0.2) is 18.2 Å². The van der Waals surface area contributed by atoms with Crippen LogP contribution in [0.3, 0.4) is 0 Å². The highest BCUT2D eigenvalue weighted by molar-refractivity contribution is 5.93. The van der Waals surface area contributed by atoms with Crippen LogP contribution in [-0.4, -0.2) is 39.3 Å². The number of hydrogen-bond donors (Lipinski definition) is 2. The molecule has 2 saturated carbocycles. The number of benzene rings is 1. The summed E-state index contributed by atoms with van der Waals surface area (Å²) in [6, 6.07) is 5.64. The standard InChI is InChI=1S/C17H22N6O2.ClH/c1-25-15-7-6-13(19-17(24)11-4-5-12(18)8-11)9-14(15)23-16(10-2-3-10)20-21-22-23;/h6-7,9-12H,2-5,8,18H2,1H3,(H,19,24);1H. The molecular formula is C17H23ClN6O2. The Bertz CT molecular complexity index is 791. The highest BCUT2D eigenvalue weighted by Gasteiger charge is 2.31. The molecule has 1 aromatic carbocycles. The van der Waals surface area contributed by atoms with Crippen LogP contribution in [0.4, 0.5) is 5.69 Å². The predicted molar refractivity (Wildman–Crippen MR) is 98.9 cm³/mol. The van der Waals surface area contributed by atoms with Crippen molar-refractivity contribution in [3.63, 3.8) is 0 Å². The third-order valence-electron chi connectivity index (χ3n) is 4.95. The molecule has 0 saturated heterocycles. The molecule has 1 heterocycles. The number of nitrogens with one attached hydrogen (secondary N) is 1. The van der Waals surface area contributed by atoms with Crippen molar-refractivity contribution < 1.29 is 9.53 Å². The van der Waals surface area contributed by atoms with E-state index < -0.39 is 0 Å². The van der Waals surface area contributed by atoms with Gasteiger partial charge in [0.1, 0.15) is 11.4 Å². The molecule has 3 N–H and O–H groups in total. The average Bonchev–Trinajstić information content (AvgIpc) is 3.17. The zero-order chi connectivity index (χ0) is 17.4. The number of amides is 1. The molecule has 9 heteroatoms. The van der Waals surface area contributed by atoms with E-state index in [4.69, 9.17) is 10.5 Å². The number of nitrogens with two attached hydrogens (primary N) is 1. The third-order valence-corrected chi connectivity index (χ3v) is 4.95. The molecule has 2 atom stereocenters. The van der Waals surface area contributed by atoms with Gasteiger partial charge in [0.2, 0.25) is 5.91 Å². The van der Waals surface area contributed by atoms with E-state index in [9.17, 15) is 4.79 Å². The number of ether oxygens (including phenoxy) is 1. The van der Waals surface area contributed by atoms with Crippen LogP contribution < -0.4 is 15.8 Å². The van der Waals surface area contributed by atoms with Gasteiger partial charge in [0, 0.05) is 23.6 Å². The summed E-state index contributed by atoms with van der Waals surface area (Å²) in [6.45, 7) is 0. The summed E-state index contributed by atoms with van der Waals surface area (Å²) < 4.78 is 7.16. The molecule has 4 rings (SSSR count). The van der Waals surface area contributed by atoms with Crippen LogP contribution in [0.5, 0.6) is 5.75 Å². The molecule has 1 amide bonds. The monoisotopic (exact) mass is 378 g/mol. The Morgan fingerprint density at radius 1 is 1.31 bits per heavy atom. The Labute approximate surface area is 157 Å². The first-order valence-corrected chi connectivity index (χ1v) is 8.69. The normalized spacial score (nSPS) is 21.9. The fourth-order valence-electron chi connectivity index (χ4n) is 3.39. The van der Waals surface area contributed by atoms with Crippen LogP contribution in [0, 0.1) is 5.92 Å². The van der Waals surface area contributed by atoms with E-state index in [0.717, 1.165) is 43.6 Å². The maximum Gasteiger partial charge on any atom is 0.227 e. The molecular weight excluding hydrogens is 356 g/mol. The van der Waals surface area contributed by atoms with Crippen molar-refractivity contribution in [2.24, 2.45) is 11.7 Å². The van der Waals surface area contributed by atoms with E-state index in [1.807, 2.05) is 18.2 Å². The van der Waals surface area contributed by atoms with E-state index in [0.29, 0.717) is 17.4 Å². The lowest BCUT2D eigenvalue weighted by Gasteiger charge is -2.14. The SMILES string of the molecule is COc1ccc(NC(=O)C2CCC(N)C2)cc1-n1nnnc1C1CC1.Cl. The van der Waals surface area contributed by atoms with Crippen LogP contribution in [-0.2, 0) is 4.79 Å². The molecule has 2 unspecified atom stereocenters. The number of methoxy groups -OCH3 is 1. The van der Waals surface area contributed by atoms with Crippen molar-refractivity contribution in [2.75, 3.05) is 12.4 Å². The summed E-state index contributed by atoms with van der Waals surface area (Å²) in [7, 11) is 1.61. The van der Waals surface area contributed by atoms with Gasteiger partial charge in [-0.05, 0) is 60.7 Å². The smallest absolute Gasteiger partial charge is 0.227 e. The number of carbonyl (C=O) groups excluding carboxylic acids is 1. The molecule has 2 aliphatic rings. The Morgan fingerprint density at radius 3 is 2.77 bits per heavy atom. The van der Waals surface area contributed by atoms with Crippen molar-refractivity contribution >= 4 is 24.0 Å². The number of rotatable bonds is 5. The summed E-state index contributed by atoms with van der Waals surface area (Å²) >= 11 is 0. The van der Waals surface area contributed by atoms with E-state index in [2.05, 4.69) is 20.8 Å². The van der Waals surface area contributed by atoms with E-state index in [1.165, 1.54) is 0 Å². The second-order valence-corrected chi connectivity index (χ2v) is 6.87. The molecule has 26 heavy (non-hydrogen) atoms. The van der Waals surface area contributed by atoms with Crippen LogP contribution >= 0.6 is 12.4 Å². The van der Waals surface area contributed by atoms with Gasteiger partial charge in [-0.25, -0.2) is 0 Å². The van der Waals surface area contributed by atoms with Crippen molar-refractivity contribution in [3.8, 4) is 11.4 Å². The molecule has 2 aromatic rings. The van der Waals surface area contributed by atoms with E-state index in [1.54, 1.807) is 11.8 Å². The highest BCUT2D eigenvalue weighted by atomic mass is 35.5. The summed E-state index contributed by atoms with van der Waals surface area (Å²) in [5, 5.41) is 15.0.